The number of fused-ring (bicyclic) bond motifs is 1. The maximum Gasteiger partial charge on any atom is 0.273 e. The number of aromatic amines is 1. The molecule has 0 saturated carbocycles. The van der Waals surface area contributed by atoms with Crippen LogP contribution in [-0.2, 0) is 0 Å². The summed E-state index contributed by atoms with van der Waals surface area (Å²) in [6.07, 6.45) is 4.34. The predicted octanol–water partition coefficient (Wildman–Crippen LogP) is 3.57. The molecule has 0 saturated heterocycles. The number of H-pyrrole nitrogens is 1. The minimum Gasteiger partial charge on any atom is -0.326 e. The summed E-state index contributed by atoms with van der Waals surface area (Å²) in [5.41, 5.74) is 3.72. The fraction of sp³-hybridized carbons (Fsp3) is 0.211. The van der Waals surface area contributed by atoms with Crippen LogP contribution in [0.5, 0.6) is 0 Å². The normalized spacial score (nSPS) is 16.3. The SMILES string of the molecule is CCCN1C(=O)c2[nH]nc(-c3ccc(F)cc3)c2[C@@H]1c1cccnc1. The van der Waals surface area contributed by atoms with Gasteiger partial charge in [-0.25, -0.2) is 4.39 Å². The van der Waals surface area contributed by atoms with E-state index in [0.29, 0.717) is 17.9 Å². The molecule has 1 amide bonds. The average molecular weight is 336 g/mol. The van der Waals surface area contributed by atoms with Gasteiger partial charge in [0.15, 0.2) is 0 Å². The standard InChI is InChI=1S/C19H17FN4O/c1-2-10-24-18(13-4-3-9-21-11-13)15-16(22-23-17(15)19(24)25)12-5-7-14(20)8-6-12/h3-9,11,18H,2,10H2,1H3,(H,22,23)/t18-/m0/s1. The van der Waals surface area contributed by atoms with Gasteiger partial charge in [0, 0.05) is 30.1 Å². The second kappa shape index (κ2) is 6.12. The molecular weight excluding hydrogens is 319 g/mol. The van der Waals surface area contributed by atoms with Gasteiger partial charge in [-0.3, -0.25) is 14.9 Å². The molecule has 5 nitrogen and oxygen atoms in total. The Labute approximate surface area is 144 Å². The molecule has 0 spiro atoms. The maximum absolute atomic E-state index is 13.3. The molecular formula is C19H17FN4O. The van der Waals surface area contributed by atoms with Crippen molar-refractivity contribution in [2.45, 2.75) is 19.4 Å². The smallest absolute Gasteiger partial charge is 0.273 e. The third-order valence-electron chi connectivity index (χ3n) is 4.45. The molecule has 3 aromatic rings. The molecule has 1 aromatic carbocycles. The predicted molar refractivity (Wildman–Crippen MR) is 91.4 cm³/mol. The third kappa shape index (κ3) is 2.50. The number of carbonyl (C=O) groups excluding carboxylic acids is 1. The Morgan fingerprint density at radius 2 is 2.04 bits per heavy atom. The molecule has 0 unspecified atom stereocenters. The zero-order chi connectivity index (χ0) is 17.4. The maximum atomic E-state index is 13.3. The monoisotopic (exact) mass is 336 g/mol. The molecule has 0 bridgehead atoms. The van der Waals surface area contributed by atoms with Crippen LogP contribution in [-0.4, -0.2) is 32.5 Å². The number of nitrogens with zero attached hydrogens (tertiary/aromatic N) is 3. The number of hydrogen-bond acceptors (Lipinski definition) is 3. The summed E-state index contributed by atoms with van der Waals surface area (Å²) in [6.45, 7) is 2.68. The second-order valence-electron chi connectivity index (χ2n) is 6.06. The van der Waals surface area contributed by atoms with Crippen LogP contribution >= 0.6 is 0 Å². The molecule has 0 aliphatic carbocycles. The number of hydrogen-bond donors (Lipinski definition) is 1. The van der Waals surface area contributed by atoms with Crippen molar-refractivity contribution in [3.05, 3.63) is 71.4 Å². The van der Waals surface area contributed by atoms with Crippen molar-refractivity contribution in [2.75, 3.05) is 6.54 Å². The number of nitrogens with one attached hydrogen (secondary N) is 1. The minimum absolute atomic E-state index is 0.0634. The zero-order valence-corrected chi connectivity index (χ0v) is 13.7. The number of carbonyl (C=O) groups is 1. The lowest BCUT2D eigenvalue weighted by molar-refractivity contribution is 0.0744. The van der Waals surface area contributed by atoms with E-state index in [1.807, 2.05) is 24.0 Å². The van der Waals surface area contributed by atoms with Crippen LogP contribution in [0.3, 0.4) is 0 Å². The van der Waals surface area contributed by atoms with Crippen molar-refractivity contribution in [3.8, 4) is 11.3 Å². The van der Waals surface area contributed by atoms with Crippen LogP contribution in [0.4, 0.5) is 4.39 Å². The number of rotatable bonds is 4. The summed E-state index contributed by atoms with van der Waals surface area (Å²) in [6, 6.07) is 9.74. The van der Waals surface area contributed by atoms with Crippen molar-refractivity contribution < 1.29 is 9.18 Å². The molecule has 3 heterocycles. The highest BCUT2D eigenvalue weighted by Gasteiger charge is 2.41. The Kier molecular flexibility index (Phi) is 3.80. The van der Waals surface area contributed by atoms with Crippen LogP contribution in [0.1, 0.15) is 41.0 Å². The average Bonchev–Trinajstić information content (AvgIpc) is 3.17. The Morgan fingerprint density at radius 3 is 2.72 bits per heavy atom. The van der Waals surface area contributed by atoms with Gasteiger partial charge in [-0.05, 0) is 42.3 Å². The van der Waals surface area contributed by atoms with Gasteiger partial charge in [0.2, 0.25) is 0 Å². The summed E-state index contributed by atoms with van der Waals surface area (Å²) in [5, 5.41) is 7.22. The highest BCUT2D eigenvalue weighted by atomic mass is 19.1. The van der Waals surface area contributed by atoms with Gasteiger partial charge in [0.05, 0.1) is 11.7 Å². The van der Waals surface area contributed by atoms with Crippen molar-refractivity contribution in [2.24, 2.45) is 0 Å². The van der Waals surface area contributed by atoms with Crippen LogP contribution in [0.25, 0.3) is 11.3 Å². The van der Waals surface area contributed by atoms with E-state index in [2.05, 4.69) is 15.2 Å². The lowest BCUT2D eigenvalue weighted by Crippen LogP contribution is -2.30. The van der Waals surface area contributed by atoms with Crippen LogP contribution in [0.2, 0.25) is 0 Å². The first-order chi connectivity index (χ1) is 12.2. The van der Waals surface area contributed by atoms with E-state index in [-0.39, 0.29) is 17.8 Å². The van der Waals surface area contributed by atoms with Gasteiger partial charge in [0.1, 0.15) is 11.5 Å². The van der Waals surface area contributed by atoms with E-state index in [9.17, 15) is 9.18 Å². The third-order valence-corrected chi connectivity index (χ3v) is 4.45. The minimum atomic E-state index is -0.302. The molecule has 1 atom stereocenters. The van der Waals surface area contributed by atoms with Gasteiger partial charge in [-0.1, -0.05) is 13.0 Å². The molecule has 4 rings (SSSR count). The fourth-order valence-electron chi connectivity index (χ4n) is 3.38. The molecule has 1 aliphatic heterocycles. The summed E-state index contributed by atoms with van der Waals surface area (Å²) >= 11 is 0. The number of pyridine rings is 1. The van der Waals surface area contributed by atoms with Crippen molar-refractivity contribution in [1.29, 1.82) is 0 Å². The van der Waals surface area contributed by atoms with Crippen LogP contribution < -0.4 is 0 Å². The van der Waals surface area contributed by atoms with Gasteiger partial charge >= 0.3 is 0 Å². The number of amides is 1. The molecule has 6 heteroatoms. The largest absolute Gasteiger partial charge is 0.326 e. The Hall–Kier alpha value is -3.02. The number of halogens is 1. The summed E-state index contributed by atoms with van der Waals surface area (Å²) in [4.78, 5) is 18.9. The van der Waals surface area contributed by atoms with Crippen molar-refractivity contribution in [1.82, 2.24) is 20.1 Å². The number of benzene rings is 1. The molecule has 0 radical (unpaired) electrons. The molecule has 1 N–H and O–H groups in total. The first kappa shape index (κ1) is 15.5. The first-order valence-electron chi connectivity index (χ1n) is 8.25. The van der Waals surface area contributed by atoms with Crippen LogP contribution in [0, 0.1) is 5.82 Å². The van der Waals surface area contributed by atoms with E-state index in [0.717, 1.165) is 23.1 Å². The highest BCUT2D eigenvalue weighted by molar-refractivity contribution is 6.00. The van der Waals surface area contributed by atoms with E-state index in [1.165, 1.54) is 12.1 Å². The van der Waals surface area contributed by atoms with E-state index in [4.69, 9.17) is 0 Å². The van der Waals surface area contributed by atoms with Gasteiger partial charge < -0.3 is 4.90 Å². The highest BCUT2D eigenvalue weighted by Crippen LogP contribution is 2.42. The van der Waals surface area contributed by atoms with Gasteiger partial charge in [0.25, 0.3) is 5.91 Å². The second-order valence-corrected chi connectivity index (χ2v) is 6.06. The lowest BCUT2D eigenvalue weighted by atomic mass is 9.97. The molecule has 2 aromatic heterocycles. The van der Waals surface area contributed by atoms with Gasteiger partial charge in [-0.15, -0.1) is 0 Å². The topological polar surface area (TPSA) is 61.9 Å². The zero-order valence-electron chi connectivity index (χ0n) is 13.7. The number of aromatic nitrogens is 3. The summed E-state index contributed by atoms with van der Waals surface area (Å²) in [5.74, 6) is -0.366. The molecule has 126 valence electrons. The molecule has 1 aliphatic rings. The summed E-state index contributed by atoms with van der Waals surface area (Å²) in [7, 11) is 0. The Morgan fingerprint density at radius 1 is 1.24 bits per heavy atom. The van der Waals surface area contributed by atoms with Gasteiger partial charge in [-0.2, -0.15) is 5.10 Å². The van der Waals surface area contributed by atoms with Crippen molar-refractivity contribution in [3.63, 3.8) is 0 Å². The van der Waals surface area contributed by atoms with Crippen molar-refractivity contribution >= 4 is 5.91 Å². The van der Waals surface area contributed by atoms with E-state index in [1.54, 1.807) is 24.5 Å². The summed E-state index contributed by atoms with van der Waals surface area (Å²) < 4.78 is 13.3. The molecule has 0 fully saturated rings. The first-order valence-corrected chi connectivity index (χ1v) is 8.25. The van der Waals surface area contributed by atoms with Crippen LogP contribution in [0.15, 0.2) is 48.8 Å². The fourth-order valence-corrected chi connectivity index (χ4v) is 3.38. The Bertz CT molecular complexity index is 905. The molecule has 25 heavy (non-hydrogen) atoms. The van der Waals surface area contributed by atoms with E-state index < -0.39 is 0 Å². The Balaban J connectivity index is 1.88. The lowest BCUT2D eigenvalue weighted by Gasteiger charge is -2.25. The quantitative estimate of drug-likeness (QED) is 0.792. The van der Waals surface area contributed by atoms with E-state index >= 15 is 0 Å².